The highest BCUT2D eigenvalue weighted by Gasteiger charge is 2.23. The normalized spacial score (nSPS) is 11.9. The summed E-state index contributed by atoms with van der Waals surface area (Å²) in [5.74, 6) is 0. The fourth-order valence-electron chi connectivity index (χ4n) is 8.62. The van der Waals surface area contributed by atoms with Crippen LogP contribution in [-0.2, 0) is 0 Å². The van der Waals surface area contributed by atoms with Crippen LogP contribution >= 0.6 is 11.3 Å². The highest BCUT2D eigenvalue weighted by molar-refractivity contribution is 7.26. The van der Waals surface area contributed by atoms with Gasteiger partial charge in [-0.25, -0.2) is 0 Å². The average Bonchev–Trinajstić information content (AvgIpc) is 3.94. The number of nitrogens with zero attached hydrogens (tertiary/aromatic N) is 1. The molecular weight excluding hydrogens is 703 g/mol. The zero-order chi connectivity index (χ0) is 36.7. The molecule has 0 aliphatic carbocycles. The third-order valence-electron chi connectivity index (χ3n) is 11.3. The van der Waals surface area contributed by atoms with E-state index in [0.29, 0.717) is 0 Å². The summed E-state index contributed by atoms with van der Waals surface area (Å²) >= 11 is 1.85. The van der Waals surface area contributed by atoms with Gasteiger partial charge >= 0.3 is 0 Å². The molecule has 3 heterocycles. The Morgan fingerprint density at radius 1 is 0.375 bits per heavy atom. The first-order valence-corrected chi connectivity index (χ1v) is 19.7. The van der Waals surface area contributed by atoms with Crippen LogP contribution < -0.4 is 4.90 Å². The van der Waals surface area contributed by atoms with Crippen molar-refractivity contribution >= 4 is 103 Å². The summed E-state index contributed by atoms with van der Waals surface area (Å²) in [7, 11) is 0. The molecule has 0 aliphatic rings. The second kappa shape index (κ2) is 12.2. The lowest BCUT2D eigenvalue weighted by Gasteiger charge is -2.28. The van der Waals surface area contributed by atoms with Crippen molar-refractivity contribution in [2.24, 2.45) is 0 Å². The van der Waals surface area contributed by atoms with E-state index in [1.807, 2.05) is 23.5 Å². The van der Waals surface area contributed by atoms with Crippen LogP contribution in [0.3, 0.4) is 0 Å². The van der Waals surface area contributed by atoms with Gasteiger partial charge in [0.15, 0.2) is 0 Å². The van der Waals surface area contributed by atoms with Gasteiger partial charge in [0, 0.05) is 53.8 Å². The van der Waals surface area contributed by atoms with Crippen LogP contribution in [0.25, 0.3) is 97.1 Å². The summed E-state index contributed by atoms with van der Waals surface area (Å²) in [6.45, 7) is 0. The summed E-state index contributed by atoms with van der Waals surface area (Å²) < 4.78 is 15.6. The van der Waals surface area contributed by atoms with E-state index in [0.717, 1.165) is 83.2 Å². The molecule has 9 aromatic carbocycles. The van der Waals surface area contributed by atoms with Crippen LogP contribution in [0.4, 0.5) is 17.1 Å². The molecule has 0 unspecified atom stereocenters. The van der Waals surface area contributed by atoms with E-state index in [4.69, 9.17) is 8.83 Å². The first kappa shape index (κ1) is 31.2. The number of fused-ring (bicyclic) bond motifs is 10. The summed E-state index contributed by atoms with van der Waals surface area (Å²) in [6, 6.07) is 67.3. The van der Waals surface area contributed by atoms with Gasteiger partial charge in [-0.05, 0) is 82.6 Å². The Bertz CT molecular complexity index is 3500. The number of hydrogen-bond acceptors (Lipinski definition) is 4. The highest BCUT2D eigenvalue weighted by Crippen LogP contribution is 2.49. The van der Waals surface area contributed by atoms with E-state index in [1.54, 1.807) is 0 Å². The number of benzene rings is 9. The molecule has 0 N–H and O–H groups in total. The Balaban J connectivity index is 1.06. The lowest BCUT2D eigenvalue weighted by molar-refractivity contribution is 0.669. The van der Waals surface area contributed by atoms with Gasteiger partial charge in [-0.2, -0.15) is 0 Å². The molecular formula is C52H31NO2S. The Kier molecular flexibility index (Phi) is 6.80. The molecule has 56 heavy (non-hydrogen) atoms. The van der Waals surface area contributed by atoms with E-state index in [9.17, 15) is 0 Å². The average molecular weight is 734 g/mol. The van der Waals surface area contributed by atoms with Crippen molar-refractivity contribution in [2.45, 2.75) is 0 Å². The van der Waals surface area contributed by atoms with Crippen molar-refractivity contribution < 1.29 is 8.83 Å². The van der Waals surface area contributed by atoms with E-state index in [-0.39, 0.29) is 0 Å². The predicted molar refractivity (Wildman–Crippen MR) is 237 cm³/mol. The van der Waals surface area contributed by atoms with E-state index in [1.165, 1.54) is 30.9 Å². The molecule has 3 aromatic heterocycles. The predicted octanol–water partition coefficient (Wildman–Crippen LogP) is 15.8. The number of thiophene rings is 1. The molecule has 0 atom stereocenters. The van der Waals surface area contributed by atoms with Crippen molar-refractivity contribution in [2.75, 3.05) is 4.90 Å². The molecule has 3 nitrogen and oxygen atoms in total. The largest absolute Gasteiger partial charge is 0.456 e. The summed E-state index contributed by atoms with van der Waals surface area (Å²) in [4.78, 5) is 2.43. The fourth-order valence-corrected chi connectivity index (χ4v) is 9.82. The monoisotopic (exact) mass is 733 g/mol. The van der Waals surface area contributed by atoms with Crippen LogP contribution in [0.15, 0.2) is 197 Å². The van der Waals surface area contributed by atoms with Gasteiger partial charge in [-0.3, -0.25) is 0 Å². The van der Waals surface area contributed by atoms with E-state index in [2.05, 4.69) is 181 Å². The topological polar surface area (TPSA) is 29.5 Å². The van der Waals surface area contributed by atoms with Gasteiger partial charge in [0.05, 0.1) is 16.1 Å². The Labute approximate surface area is 325 Å². The van der Waals surface area contributed by atoms with Crippen molar-refractivity contribution in [3.05, 3.63) is 188 Å². The van der Waals surface area contributed by atoms with Gasteiger partial charge < -0.3 is 13.7 Å². The van der Waals surface area contributed by atoms with Gasteiger partial charge in [-0.15, -0.1) is 11.3 Å². The van der Waals surface area contributed by atoms with Gasteiger partial charge in [0.2, 0.25) is 0 Å². The number of rotatable bonds is 5. The molecule has 4 heteroatoms. The van der Waals surface area contributed by atoms with Crippen molar-refractivity contribution in [3.63, 3.8) is 0 Å². The first-order valence-electron chi connectivity index (χ1n) is 18.9. The molecule has 0 fully saturated rings. The van der Waals surface area contributed by atoms with Crippen LogP contribution in [0.5, 0.6) is 0 Å². The number of para-hydroxylation sites is 3. The first-order chi connectivity index (χ1) is 27.7. The highest BCUT2D eigenvalue weighted by atomic mass is 32.1. The minimum Gasteiger partial charge on any atom is -0.456 e. The molecule has 12 aromatic rings. The minimum atomic E-state index is 0.890. The Hall–Kier alpha value is -7.14. The van der Waals surface area contributed by atoms with Crippen LogP contribution in [0.2, 0.25) is 0 Å². The lowest BCUT2D eigenvalue weighted by Crippen LogP contribution is -2.11. The molecule has 0 bridgehead atoms. The number of hydrogen-bond donors (Lipinski definition) is 0. The zero-order valence-electron chi connectivity index (χ0n) is 30.1. The smallest absolute Gasteiger partial charge is 0.143 e. The van der Waals surface area contributed by atoms with Crippen LogP contribution in [0.1, 0.15) is 0 Å². The second-order valence-corrected chi connectivity index (χ2v) is 15.5. The van der Waals surface area contributed by atoms with Gasteiger partial charge in [0.1, 0.15) is 22.3 Å². The van der Waals surface area contributed by atoms with Crippen LogP contribution in [0, 0.1) is 0 Å². The number of anilines is 3. The molecule has 12 rings (SSSR count). The van der Waals surface area contributed by atoms with Crippen molar-refractivity contribution in [1.29, 1.82) is 0 Å². The molecule has 0 saturated carbocycles. The summed E-state index contributed by atoms with van der Waals surface area (Å²) in [5, 5.41) is 9.42. The molecule has 0 saturated heterocycles. The fraction of sp³-hybridized carbons (Fsp3) is 0. The summed E-state index contributed by atoms with van der Waals surface area (Å²) in [5.41, 5.74) is 11.3. The standard InChI is InChI=1S/C52H31NO2S/c1-2-12-34-30-49-44(29-33(34)11-1)42-17-9-16-41(51(42)55-49)37-13-3-6-19-45(37)53(46-20-10-18-43-40-15-5-8-22-50(40)56-52(43)46)36-26-23-32(24-27-36)35-25-28-39-38-14-4-7-21-47(38)54-48(39)31-35/h1-31H. The maximum atomic E-state index is 6.79. The zero-order valence-corrected chi connectivity index (χ0v) is 30.9. The van der Waals surface area contributed by atoms with Crippen molar-refractivity contribution in [1.82, 2.24) is 0 Å². The number of furan rings is 2. The third-order valence-corrected chi connectivity index (χ3v) is 12.5. The molecule has 0 amide bonds. The minimum absolute atomic E-state index is 0.890. The van der Waals surface area contributed by atoms with Gasteiger partial charge in [-0.1, -0.05) is 127 Å². The van der Waals surface area contributed by atoms with Gasteiger partial charge in [0.25, 0.3) is 0 Å². The molecule has 0 radical (unpaired) electrons. The SMILES string of the molecule is c1ccc(N(c2ccc(-c3ccc4c(c3)oc3ccccc34)cc2)c2cccc3c2sc2ccccc23)c(-c2cccc3c2oc2cc4ccccc4cc23)c1. The third kappa shape index (κ3) is 4.76. The van der Waals surface area contributed by atoms with Crippen LogP contribution in [-0.4, -0.2) is 0 Å². The maximum absolute atomic E-state index is 6.79. The van der Waals surface area contributed by atoms with Crippen molar-refractivity contribution in [3.8, 4) is 22.3 Å². The quantitative estimate of drug-likeness (QED) is 0.176. The maximum Gasteiger partial charge on any atom is 0.143 e. The molecule has 0 aliphatic heterocycles. The Morgan fingerprint density at radius 2 is 1.02 bits per heavy atom. The molecule has 262 valence electrons. The molecule has 0 spiro atoms. The lowest BCUT2D eigenvalue weighted by atomic mass is 9.98. The van der Waals surface area contributed by atoms with E-state index >= 15 is 0 Å². The van der Waals surface area contributed by atoms with E-state index < -0.39 is 0 Å². The summed E-state index contributed by atoms with van der Waals surface area (Å²) in [6.07, 6.45) is 0. The Morgan fingerprint density at radius 3 is 1.93 bits per heavy atom. The second-order valence-electron chi connectivity index (χ2n) is 14.4.